The quantitative estimate of drug-likeness (QED) is 0.729. The zero-order valence-electron chi connectivity index (χ0n) is 9.46. The second kappa shape index (κ2) is 4.63. The summed E-state index contributed by atoms with van der Waals surface area (Å²) in [6, 6.07) is 0.730. The number of hydrogen-bond acceptors (Lipinski definition) is 2. The summed E-state index contributed by atoms with van der Waals surface area (Å²) >= 11 is 0. The van der Waals surface area contributed by atoms with Crippen molar-refractivity contribution in [2.75, 3.05) is 13.2 Å². The van der Waals surface area contributed by atoms with Crippen molar-refractivity contribution in [1.29, 1.82) is 0 Å². The first-order valence-corrected chi connectivity index (χ1v) is 6.16. The first kappa shape index (κ1) is 10.4. The van der Waals surface area contributed by atoms with Crippen LogP contribution in [0.25, 0.3) is 0 Å². The predicted octanol–water partition coefficient (Wildman–Crippen LogP) is 2.19. The Bertz CT molecular complexity index is 179. The van der Waals surface area contributed by atoms with E-state index in [0.29, 0.717) is 6.10 Å². The average molecular weight is 197 g/mol. The predicted molar refractivity (Wildman–Crippen MR) is 58.3 cm³/mol. The lowest BCUT2D eigenvalue weighted by molar-refractivity contribution is 0.0865. The second-order valence-electron chi connectivity index (χ2n) is 4.90. The van der Waals surface area contributed by atoms with E-state index in [9.17, 15) is 0 Å². The van der Waals surface area contributed by atoms with Crippen molar-refractivity contribution in [3.05, 3.63) is 0 Å². The van der Waals surface area contributed by atoms with Crippen molar-refractivity contribution < 1.29 is 4.74 Å². The highest BCUT2D eigenvalue weighted by Gasteiger charge is 2.30. The van der Waals surface area contributed by atoms with Crippen molar-refractivity contribution in [3.63, 3.8) is 0 Å². The highest BCUT2D eigenvalue weighted by Crippen LogP contribution is 2.32. The molecule has 2 fully saturated rings. The molecule has 0 aromatic rings. The maximum atomic E-state index is 5.68. The maximum absolute atomic E-state index is 5.68. The molecule has 82 valence electrons. The molecular formula is C12H23NO. The number of ether oxygens (including phenoxy) is 1. The average Bonchev–Trinajstić information content (AvgIpc) is 2.94. The van der Waals surface area contributed by atoms with Gasteiger partial charge in [0, 0.05) is 19.2 Å². The summed E-state index contributed by atoms with van der Waals surface area (Å²) in [5.41, 5.74) is 0. The molecule has 0 bridgehead atoms. The number of hydrogen-bond donors (Lipinski definition) is 1. The van der Waals surface area contributed by atoms with Crippen LogP contribution in [0.2, 0.25) is 0 Å². The summed E-state index contributed by atoms with van der Waals surface area (Å²) in [5.74, 6) is 1.73. The smallest absolute Gasteiger partial charge is 0.0613 e. The first-order chi connectivity index (χ1) is 6.81. The molecule has 1 heterocycles. The molecule has 0 spiro atoms. The van der Waals surface area contributed by atoms with E-state index in [1.54, 1.807) is 0 Å². The summed E-state index contributed by atoms with van der Waals surface area (Å²) in [6.07, 6.45) is 5.82. The van der Waals surface area contributed by atoms with Crippen molar-refractivity contribution in [1.82, 2.24) is 5.32 Å². The SMILES string of the molecule is CCC1OCCC1CNC(C)C1CC1. The molecule has 1 aliphatic heterocycles. The highest BCUT2D eigenvalue weighted by atomic mass is 16.5. The molecule has 1 saturated heterocycles. The van der Waals surface area contributed by atoms with Gasteiger partial charge in [0.25, 0.3) is 0 Å². The molecule has 3 atom stereocenters. The molecule has 14 heavy (non-hydrogen) atoms. The lowest BCUT2D eigenvalue weighted by Gasteiger charge is -2.20. The van der Waals surface area contributed by atoms with Crippen LogP contribution in [0, 0.1) is 11.8 Å². The van der Waals surface area contributed by atoms with Gasteiger partial charge in [0.1, 0.15) is 0 Å². The van der Waals surface area contributed by atoms with Crippen LogP contribution in [0.15, 0.2) is 0 Å². The Morgan fingerprint density at radius 1 is 1.36 bits per heavy atom. The Morgan fingerprint density at radius 3 is 2.79 bits per heavy atom. The van der Waals surface area contributed by atoms with Gasteiger partial charge >= 0.3 is 0 Å². The van der Waals surface area contributed by atoms with Crippen LogP contribution in [0.4, 0.5) is 0 Å². The largest absolute Gasteiger partial charge is 0.378 e. The van der Waals surface area contributed by atoms with Crippen molar-refractivity contribution in [2.45, 2.75) is 51.7 Å². The van der Waals surface area contributed by atoms with Gasteiger partial charge in [0.15, 0.2) is 0 Å². The normalized spacial score (nSPS) is 34.7. The second-order valence-corrected chi connectivity index (χ2v) is 4.90. The van der Waals surface area contributed by atoms with Crippen LogP contribution in [-0.4, -0.2) is 25.3 Å². The fourth-order valence-electron chi connectivity index (χ4n) is 2.48. The zero-order chi connectivity index (χ0) is 9.97. The molecule has 1 N–H and O–H groups in total. The highest BCUT2D eigenvalue weighted by molar-refractivity contribution is 4.85. The Kier molecular flexibility index (Phi) is 3.45. The standard InChI is InChI=1S/C12H23NO/c1-3-12-11(6-7-14-12)8-13-9(2)10-4-5-10/h9-13H,3-8H2,1-2H3. The fraction of sp³-hybridized carbons (Fsp3) is 1.00. The van der Waals surface area contributed by atoms with Gasteiger partial charge in [0.2, 0.25) is 0 Å². The summed E-state index contributed by atoms with van der Waals surface area (Å²) in [7, 11) is 0. The van der Waals surface area contributed by atoms with Gasteiger partial charge < -0.3 is 10.1 Å². The molecule has 1 saturated carbocycles. The van der Waals surface area contributed by atoms with Gasteiger partial charge in [-0.15, -0.1) is 0 Å². The molecule has 0 aromatic carbocycles. The Hall–Kier alpha value is -0.0800. The molecule has 0 aromatic heterocycles. The molecule has 0 radical (unpaired) electrons. The third-order valence-corrected chi connectivity index (χ3v) is 3.78. The van der Waals surface area contributed by atoms with E-state index in [1.807, 2.05) is 0 Å². The zero-order valence-corrected chi connectivity index (χ0v) is 9.46. The minimum Gasteiger partial charge on any atom is -0.378 e. The molecular weight excluding hydrogens is 174 g/mol. The van der Waals surface area contributed by atoms with E-state index in [0.717, 1.165) is 31.0 Å². The number of nitrogens with one attached hydrogen (secondary N) is 1. The van der Waals surface area contributed by atoms with Crippen LogP contribution in [0.5, 0.6) is 0 Å². The van der Waals surface area contributed by atoms with Crippen LogP contribution < -0.4 is 5.32 Å². The van der Waals surface area contributed by atoms with E-state index >= 15 is 0 Å². The van der Waals surface area contributed by atoms with Gasteiger partial charge in [-0.2, -0.15) is 0 Å². The monoisotopic (exact) mass is 197 g/mol. The molecule has 1 aliphatic carbocycles. The third kappa shape index (κ3) is 2.48. The van der Waals surface area contributed by atoms with Crippen molar-refractivity contribution in [3.8, 4) is 0 Å². The first-order valence-electron chi connectivity index (χ1n) is 6.16. The molecule has 3 unspecified atom stereocenters. The Morgan fingerprint density at radius 2 is 2.14 bits per heavy atom. The molecule has 2 heteroatoms. The summed E-state index contributed by atoms with van der Waals surface area (Å²) in [5, 5.41) is 3.67. The third-order valence-electron chi connectivity index (χ3n) is 3.78. The molecule has 2 nitrogen and oxygen atoms in total. The van der Waals surface area contributed by atoms with Gasteiger partial charge in [-0.05, 0) is 44.4 Å². The molecule has 2 rings (SSSR count). The summed E-state index contributed by atoms with van der Waals surface area (Å²) < 4.78 is 5.68. The van der Waals surface area contributed by atoms with Gasteiger partial charge in [-0.25, -0.2) is 0 Å². The summed E-state index contributed by atoms with van der Waals surface area (Å²) in [4.78, 5) is 0. The van der Waals surface area contributed by atoms with Gasteiger partial charge in [-0.3, -0.25) is 0 Å². The lowest BCUT2D eigenvalue weighted by atomic mass is 9.99. The summed E-state index contributed by atoms with van der Waals surface area (Å²) in [6.45, 7) is 6.70. The Balaban J connectivity index is 1.68. The van der Waals surface area contributed by atoms with Crippen LogP contribution in [0.3, 0.4) is 0 Å². The topological polar surface area (TPSA) is 21.3 Å². The van der Waals surface area contributed by atoms with Gasteiger partial charge in [0.05, 0.1) is 6.10 Å². The van der Waals surface area contributed by atoms with Crippen LogP contribution in [0.1, 0.15) is 39.5 Å². The Labute approximate surface area is 87.4 Å². The molecule has 0 amide bonds. The lowest BCUT2D eigenvalue weighted by Crippen LogP contribution is -2.35. The number of rotatable bonds is 5. The van der Waals surface area contributed by atoms with Crippen LogP contribution >= 0.6 is 0 Å². The van der Waals surface area contributed by atoms with E-state index in [2.05, 4.69) is 19.2 Å². The van der Waals surface area contributed by atoms with E-state index in [4.69, 9.17) is 4.74 Å². The van der Waals surface area contributed by atoms with Crippen molar-refractivity contribution in [2.24, 2.45) is 11.8 Å². The van der Waals surface area contributed by atoms with Crippen LogP contribution in [-0.2, 0) is 4.74 Å². The van der Waals surface area contributed by atoms with E-state index < -0.39 is 0 Å². The van der Waals surface area contributed by atoms with E-state index in [1.165, 1.54) is 25.7 Å². The van der Waals surface area contributed by atoms with E-state index in [-0.39, 0.29) is 0 Å². The minimum absolute atomic E-state index is 0.522. The van der Waals surface area contributed by atoms with Crippen molar-refractivity contribution >= 4 is 0 Å². The van der Waals surface area contributed by atoms with Gasteiger partial charge in [-0.1, -0.05) is 6.92 Å². The maximum Gasteiger partial charge on any atom is 0.0613 e. The minimum atomic E-state index is 0.522. The molecule has 2 aliphatic rings. The fourth-order valence-corrected chi connectivity index (χ4v) is 2.48.